The minimum atomic E-state index is -0.587. The van der Waals surface area contributed by atoms with E-state index in [1.807, 2.05) is 51.1 Å². The van der Waals surface area contributed by atoms with E-state index in [-0.39, 0.29) is 10.7 Å². The van der Waals surface area contributed by atoms with Crippen molar-refractivity contribution in [1.82, 2.24) is 0 Å². The van der Waals surface area contributed by atoms with Crippen molar-refractivity contribution in [3.63, 3.8) is 0 Å². The van der Waals surface area contributed by atoms with Crippen LogP contribution in [0.5, 0.6) is 5.75 Å². The van der Waals surface area contributed by atoms with E-state index in [1.165, 1.54) is 0 Å². The molecule has 1 heterocycles. The number of anilines is 2. The molecule has 172 valence electrons. The Balaban J connectivity index is 1.50. The lowest BCUT2D eigenvalue weighted by molar-refractivity contribution is -0.120. The predicted molar refractivity (Wildman–Crippen MR) is 132 cm³/mol. The number of carbonyl (C=O) groups is 3. The van der Waals surface area contributed by atoms with Gasteiger partial charge in [0.25, 0.3) is 11.8 Å². The van der Waals surface area contributed by atoms with Crippen LogP contribution in [-0.4, -0.2) is 17.8 Å². The molecule has 4 rings (SSSR count). The summed E-state index contributed by atoms with van der Waals surface area (Å²) in [4.78, 5) is 39.4. The second-order valence-corrected chi connectivity index (χ2v) is 8.36. The number of halogens is 1. The van der Waals surface area contributed by atoms with Crippen molar-refractivity contribution in [2.24, 2.45) is 0 Å². The minimum absolute atomic E-state index is 0.0150. The van der Waals surface area contributed by atoms with Crippen molar-refractivity contribution >= 4 is 40.8 Å². The second kappa shape index (κ2) is 9.53. The normalized spacial score (nSPS) is 13.5. The van der Waals surface area contributed by atoms with Gasteiger partial charge in [0, 0.05) is 5.69 Å². The summed E-state index contributed by atoms with van der Waals surface area (Å²) in [6.45, 7) is 5.76. The molecule has 0 bridgehead atoms. The monoisotopic (exact) mass is 474 g/mol. The number of para-hydroxylation sites is 1. The van der Waals surface area contributed by atoms with Gasteiger partial charge in [0.1, 0.15) is 16.5 Å². The van der Waals surface area contributed by atoms with Gasteiger partial charge >= 0.3 is 5.97 Å². The van der Waals surface area contributed by atoms with Crippen LogP contribution in [0.1, 0.15) is 34.0 Å². The van der Waals surface area contributed by atoms with Crippen molar-refractivity contribution in [2.75, 3.05) is 10.2 Å². The van der Waals surface area contributed by atoms with Gasteiger partial charge in [-0.2, -0.15) is 0 Å². The fourth-order valence-corrected chi connectivity index (χ4v) is 3.99. The highest BCUT2D eigenvalue weighted by Gasteiger charge is 2.39. The van der Waals surface area contributed by atoms with Gasteiger partial charge in [-0.05, 0) is 67.8 Å². The molecule has 0 saturated carbocycles. The first-order chi connectivity index (χ1) is 16.3. The molecule has 7 heteroatoms. The average Bonchev–Trinajstić information content (AvgIpc) is 3.03. The Labute approximate surface area is 202 Å². The molecule has 0 radical (unpaired) electrons. The maximum Gasteiger partial charge on any atom is 0.343 e. The molecule has 0 saturated heterocycles. The molecule has 2 amide bonds. The van der Waals surface area contributed by atoms with Crippen LogP contribution in [0.2, 0.25) is 0 Å². The van der Waals surface area contributed by atoms with Crippen molar-refractivity contribution in [3.8, 4) is 5.75 Å². The van der Waals surface area contributed by atoms with Crippen molar-refractivity contribution in [2.45, 2.75) is 27.2 Å². The Morgan fingerprint density at radius 3 is 2.35 bits per heavy atom. The zero-order valence-corrected chi connectivity index (χ0v) is 19.8. The summed E-state index contributed by atoms with van der Waals surface area (Å²) < 4.78 is 5.53. The summed E-state index contributed by atoms with van der Waals surface area (Å²) in [5.41, 5.74) is 4.08. The van der Waals surface area contributed by atoms with E-state index in [0.29, 0.717) is 22.7 Å². The molecular formula is C27H23ClN2O4. The molecule has 34 heavy (non-hydrogen) atoms. The number of amides is 2. The number of esters is 1. The number of imide groups is 1. The van der Waals surface area contributed by atoms with Gasteiger partial charge < -0.3 is 10.1 Å². The molecule has 0 spiro atoms. The van der Waals surface area contributed by atoms with E-state index in [9.17, 15) is 14.4 Å². The van der Waals surface area contributed by atoms with E-state index in [0.717, 1.165) is 28.0 Å². The maximum atomic E-state index is 13.0. The van der Waals surface area contributed by atoms with Gasteiger partial charge in [-0.3, -0.25) is 9.59 Å². The first-order valence-electron chi connectivity index (χ1n) is 10.8. The number of rotatable bonds is 6. The summed E-state index contributed by atoms with van der Waals surface area (Å²) in [7, 11) is 0. The molecule has 0 atom stereocenters. The second-order valence-electron chi connectivity index (χ2n) is 7.98. The molecule has 3 aromatic rings. The zero-order chi connectivity index (χ0) is 24.4. The van der Waals surface area contributed by atoms with Crippen LogP contribution < -0.4 is 15.0 Å². The lowest BCUT2D eigenvalue weighted by Crippen LogP contribution is -2.32. The summed E-state index contributed by atoms with van der Waals surface area (Å²) in [6.07, 6.45) is 0.744. The van der Waals surface area contributed by atoms with Gasteiger partial charge in [0.05, 0.1) is 11.3 Å². The molecule has 0 fully saturated rings. The quantitative estimate of drug-likeness (QED) is 0.289. The van der Waals surface area contributed by atoms with Gasteiger partial charge in [-0.1, -0.05) is 54.4 Å². The Hall–Kier alpha value is -3.90. The molecule has 1 aliphatic rings. The summed E-state index contributed by atoms with van der Waals surface area (Å²) in [5.74, 6) is -1.09. The lowest BCUT2D eigenvalue weighted by atomic mass is 10.1. The number of benzene rings is 3. The standard InChI is InChI=1S/C27H23ClN2O4/c1-4-18-7-5-6-8-22(18)34-27(33)19-10-12-20(13-11-19)29-24-23(28)25(31)30(26(24)32)21-14-9-16(2)15-17(21)3/h5-15,29H,4H2,1-3H3. The third-order valence-corrected chi connectivity index (χ3v) is 5.92. The fourth-order valence-electron chi connectivity index (χ4n) is 3.77. The number of nitrogens with zero attached hydrogens (tertiary/aromatic N) is 1. The first-order valence-corrected chi connectivity index (χ1v) is 11.2. The Kier molecular flexibility index (Phi) is 6.52. The summed E-state index contributed by atoms with van der Waals surface area (Å²) >= 11 is 6.23. The van der Waals surface area contributed by atoms with E-state index in [2.05, 4.69) is 5.32 Å². The third-order valence-electron chi connectivity index (χ3n) is 5.57. The highest BCUT2D eigenvalue weighted by Crippen LogP contribution is 2.32. The molecule has 1 N–H and O–H groups in total. The van der Waals surface area contributed by atoms with E-state index in [4.69, 9.17) is 16.3 Å². The first kappa shape index (κ1) is 23.3. The maximum absolute atomic E-state index is 13.0. The number of nitrogens with one attached hydrogen (secondary N) is 1. The predicted octanol–water partition coefficient (Wildman–Crippen LogP) is 5.52. The fraction of sp³-hybridized carbons (Fsp3) is 0.148. The smallest absolute Gasteiger partial charge is 0.343 e. The summed E-state index contributed by atoms with van der Waals surface area (Å²) in [5, 5.41) is 2.73. The largest absolute Gasteiger partial charge is 0.423 e. The van der Waals surface area contributed by atoms with E-state index < -0.39 is 17.8 Å². The lowest BCUT2D eigenvalue weighted by Gasteiger charge is -2.18. The number of hydrogen-bond acceptors (Lipinski definition) is 5. The number of aryl methyl sites for hydroxylation is 3. The van der Waals surface area contributed by atoms with Gasteiger partial charge in [-0.15, -0.1) is 0 Å². The molecular weight excluding hydrogens is 452 g/mol. The van der Waals surface area contributed by atoms with Crippen molar-refractivity contribution in [1.29, 1.82) is 0 Å². The van der Waals surface area contributed by atoms with E-state index >= 15 is 0 Å². The van der Waals surface area contributed by atoms with Crippen molar-refractivity contribution < 1.29 is 19.1 Å². The van der Waals surface area contributed by atoms with Gasteiger partial charge in [0.2, 0.25) is 0 Å². The zero-order valence-electron chi connectivity index (χ0n) is 19.0. The molecule has 6 nitrogen and oxygen atoms in total. The molecule has 0 aliphatic carbocycles. The van der Waals surface area contributed by atoms with Crippen LogP contribution in [0.3, 0.4) is 0 Å². The number of hydrogen-bond donors (Lipinski definition) is 1. The molecule has 0 unspecified atom stereocenters. The van der Waals surface area contributed by atoms with Crippen molar-refractivity contribution in [3.05, 3.63) is 99.7 Å². The van der Waals surface area contributed by atoms with Crippen LogP contribution in [0, 0.1) is 13.8 Å². The Morgan fingerprint density at radius 1 is 0.971 bits per heavy atom. The highest BCUT2D eigenvalue weighted by atomic mass is 35.5. The minimum Gasteiger partial charge on any atom is -0.423 e. The molecule has 1 aliphatic heterocycles. The van der Waals surface area contributed by atoms with Crippen LogP contribution in [-0.2, 0) is 16.0 Å². The van der Waals surface area contributed by atoms with Gasteiger partial charge in [-0.25, -0.2) is 9.69 Å². The SMILES string of the molecule is CCc1ccccc1OC(=O)c1ccc(NC2=C(Cl)C(=O)N(c3ccc(C)cc3C)C2=O)cc1. The summed E-state index contributed by atoms with van der Waals surface area (Å²) in [6, 6.07) is 19.2. The Morgan fingerprint density at radius 2 is 1.68 bits per heavy atom. The number of carbonyl (C=O) groups excluding carboxylic acids is 3. The van der Waals surface area contributed by atoms with E-state index in [1.54, 1.807) is 36.4 Å². The number of ether oxygens (including phenoxy) is 1. The average molecular weight is 475 g/mol. The van der Waals surface area contributed by atoms with Crippen LogP contribution >= 0.6 is 11.6 Å². The van der Waals surface area contributed by atoms with Gasteiger partial charge in [0.15, 0.2) is 0 Å². The third kappa shape index (κ3) is 4.45. The Bertz CT molecular complexity index is 1330. The van der Waals surface area contributed by atoms with Crippen LogP contribution in [0.25, 0.3) is 0 Å². The molecule has 3 aromatic carbocycles. The van der Waals surface area contributed by atoms with Crippen LogP contribution in [0.4, 0.5) is 11.4 Å². The molecule has 0 aromatic heterocycles. The topological polar surface area (TPSA) is 75.7 Å². The highest BCUT2D eigenvalue weighted by molar-refractivity contribution is 6.53. The van der Waals surface area contributed by atoms with Crippen LogP contribution in [0.15, 0.2) is 77.5 Å².